The highest BCUT2D eigenvalue weighted by atomic mass is 19.1. The van der Waals surface area contributed by atoms with E-state index in [0.29, 0.717) is 86.2 Å². The third-order valence-electron chi connectivity index (χ3n) is 29.5. The minimum Gasteiger partial charge on any atom is -0.392 e. The Morgan fingerprint density at radius 1 is 0.261 bits per heavy atom. The maximum absolute atomic E-state index is 13.5. The van der Waals surface area contributed by atoms with Crippen molar-refractivity contribution in [2.24, 2.45) is 71.9 Å². The van der Waals surface area contributed by atoms with E-state index in [0.717, 1.165) is 122 Å². The predicted octanol–water partition coefficient (Wildman–Crippen LogP) is 30.2. The van der Waals surface area contributed by atoms with Gasteiger partial charge in [-0.3, -0.25) is 0 Å². The summed E-state index contributed by atoms with van der Waals surface area (Å²) in [4.78, 5) is 25.1. The summed E-state index contributed by atoms with van der Waals surface area (Å²) in [7, 11) is 1.83. The van der Waals surface area contributed by atoms with Gasteiger partial charge in [0.25, 0.3) is 0 Å². The summed E-state index contributed by atoms with van der Waals surface area (Å²) in [6.07, 6.45) is 44.2. The van der Waals surface area contributed by atoms with Crippen LogP contribution in [0.2, 0.25) is 0 Å². The highest BCUT2D eigenvalue weighted by Crippen LogP contribution is 2.33. The number of nitrogens with zero attached hydrogens (tertiary/aromatic N) is 10. The molecule has 10 aliphatic heterocycles. The second-order valence-electron chi connectivity index (χ2n) is 56.9. The Hall–Kier alpha value is -0.690. The molecular weight excluding hydrogens is 1660 g/mol. The Kier molecular flexibility index (Phi) is 66.5. The molecular formula is C119H245F3N10O2. The molecule has 0 spiro atoms. The molecule has 0 bridgehead atoms. The van der Waals surface area contributed by atoms with Crippen LogP contribution in [0.5, 0.6) is 0 Å². The molecule has 1 N–H and O–H groups in total. The van der Waals surface area contributed by atoms with Crippen LogP contribution in [0.3, 0.4) is 0 Å². The Bertz CT molecular complexity index is 2570. The number of hydrogen-bond donors (Lipinski definition) is 1. The Morgan fingerprint density at radius 3 is 0.746 bits per heavy atom. The van der Waals surface area contributed by atoms with Crippen LogP contribution >= 0.6 is 0 Å². The number of halogens is 3. The van der Waals surface area contributed by atoms with E-state index < -0.39 is 18.0 Å². The number of likely N-dealkylation sites (tertiary alicyclic amines) is 10. The summed E-state index contributed by atoms with van der Waals surface area (Å²) in [6.45, 7) is 113. The molecule has 10 aliphatic rings. The molecule has 0 aromatic rings. The predicted molar refractivity (Wildman–Crippen MR) is 589 cm³/mol. The average molecular weight is 1910 g/mol. The van der Waals surface area contributed by atoms with Gasteiger partial charge in [0, 0.05) is 46.4 Å². The van der Waals surface area contributed by atoms with Gasteiger partial charge in [0.1, 0.15) is 18.0 Å². The van der Waals surface area contributed by atoms with E-state index in [4.69, 9.17) is 4.74 Å². The van der Waals surface area contributed by atoms with Gasteiger partial charge < -0.3 is 58.8 Å². The number of ether oxygens (including phenoxy) is 1. The lowest BCUT2D eigenvalue weighted by Crippen LogP contribution is -2.41. The van der Waals surface area contributed by atoms with Crippen LogP contribution in [0.4, 0.5) is 13.2 Å². The van der Waals surface area contributed by atoms with Gasteiger partial charge in [-0.15, -0.1) is 0 Å². The van der Waals surface area contributed by atoms with Crippen LogP contribution < -0.4 is 0 Å². The zero-order valence-electron chi connectivity index (χ0n) is 97.7. The molecule has 10 saturated heterocycles. The fraction of sp³-hybridized carbons (Fsp3) is 1.00. The van der Waals surface area contributed by atoms with Crippen LogP contribution in [-0.2, 0) is 4.74 Å². The number of hydrogen-bond acceptors (Lipinski definition) is 12. The third kappa shape index (κ3) is 82.6. The second kappa shape index (κ2) is 67.9. The number of aliphatic hydroxyl groups excluding tert-OH is 1. The first-order chi connectivity index (χ1) is 61.8. The molecule has 4 unspecified atom stereocenters. The average Bonchev–Trinajstić information content (AvgIpc) is 0.889. The largest absolute Gasteiger partial charge is 0.392 e. The Morgan fingerprint density at radius 2 is 0.478 bits per heavy atom. The molecule has 0 aliphatic carbocycles. The number of piperidine rings is 7. The van der Waals surface area contributed by atoms with Gasteiger partial charge in [-0.2, -0.15) is 0 Å². The monoisotopic (exact) mass is 1900 g/mol. The first kappa shape index (κ1) is 131. The molecule has 0 aromatic heterocycles. The molecule has 4 atom stereocenters. The van der Waals surface area contributed by atoms with Gasteiger partial charge in [-0.05, 0) is 435 Å². The van der Waals surface area contributed by atoms with Gasteiger partial charge in [0.15, 0.2) is 0 Å². The fourth-order valence-electron chi connectivity index (χ4n) is 18.3. The minimum atomic E-state index is -0.905. The Balaban J connectivity index is 0.000000745. The fourth-order valence-corrected chi connectivity index (χ4v) is 18.3. The van der Waals surface area contributed by atoms with Crippen molar-refractivity contribution in [1.29, 1.82) is 0 Å². The summed E-state index contributed by atoms with van der Waals surface area (Å²) >= 11 is 0. The van der Waals surface area contributed by atoms with Crippen molar-refractivity contribution in [2.75, 3.05) is 203 Å². The van der Waals surface area contributed by atoms with Gasteiger partial charge in [-0.25, -0.2) is 13.2 Å². The molecule has 12 nitrogen and oxygen atoms in total. The van der Waals surface area contributed by atoms with Crippen LogP contribution in [-0.4, -0.2) is 288 Å². The zero-order chi connectivity index (χ0) is 102. The first-order valence-corrected chi connectivity index (χ1v) is 57.2. The summed E-state index contributed by atoms with van der Waals surface area (Å²) in [6, 6.07) is 0. The normalized spacial score (nSPS) is 23.7. The van der Waals surface area contributed by atoms with Crippen molar-refractivity contribution in [3.05, 3.63) is 0 Å². The van der Waals surface area contributed by atoms with Gasteiger partial charge in [0.2, 0.25) is 0 Å². The van der Waals surface area contributed by atoms with Crippen molar-refractivity contribution in [2.45, 2.75) is 497 Å². The van der Waals surface area contributed by atoms with E-state index in [1.165, 1.54) is 298 Å². The molecule has 10 heterocycles. The summed E-state index contributed by atoms with van der Waals surface area (Å²) < 4.78 is 45.2. The number of rotatable bonds is 22. The number of methoxy groups -OCH3 is 1. The van der Waals surface area contributed by atoms with E-state index in [9.17, 15) is 18.3 Å². The molecule has 0 amide bonds. The lowest BCUT2D eigenvalue weighted by molar-refractivity contribution is 0.0280. The van der Waals surface area contributed by atoms with Crippen LogP contribution in [0.25, 0.3) is 0 Å². The standard InChI is InChI=1S/C13H27N.2C12H24FN.C12H25NO.4C12H25N.C11H22FN.C11H23NO/c1-5-12-6-9-14(10-7-12)11-8-13(2,3)4;1-11(2,3)5-8-14-9-6-12(4,13)7-10-14;1-12(2,3)7-9-14-8-5-4-6-11(13)10-14;1-12(2,3)7-9-13-8-5-6-11(10-13)14-4;2*1-11-5-8-13(9-6-11)10-7-12(2,3)4;2*1-12(2,3)8-11-13-9-6-4-5-7-10-13;1-11(2,3)6-8-13-7-4-5-10(12)9-13;1-11(2,3)6-8-12-7-4-5-10(13)9-12/h12H,5-11H2,1-4H3;5-10H2,1-4H3;11H,4-10H2,1-3H3;11H,5-10H2,1-4H3;2*11H,5-10H2,1-4H3;2*4-11H2,1-3H3;10H,4-9H2,1-3H3;10,13H,4-9H2,1-3H3. The lowest BCUT2D eigenvalue weighted by atomic mass is 9.90. The van der Waals surface area contributed by atoms with Gasteiger partial charge >= 0.3 is 0 Å². The topological polar surface area (TPSA) is 61.9 Å². The van der Waals surface area contributed by atoms with Gasteiger partial charge in [-0.1, -0.05) is 261 Å². The van der Waals surface area contributed by atoms with Crippen LogP contribution in [0.1, 0.15) is 467 Å². The van der Waals surface area contributed by atoms with E-state index >= 15 is 0 Å². The number of β-amino-alcohol motifs (C(OH)–C–C–N with tert-alkyl or cyclic N) is 1. The molecule has 0 aromatic carbocycles. The van der Waals surface area contributed by atoms with Crippen molar-refractivity contribution in [1.82, 2.24) is 49.0 Å². The minimum absolute atomic E-state index is 0.0753. The van der Waals surface area contributed by atoms with Crippen molar-refractivity contribution < 1.29 is 23.0 Å². The second-order valence-corrected chi connectivity index (χ2v) is 56.9. The number of aliphatic hydroxyl groups is 1. The zero-order valence-corrected chi connectivity index (χ0v) is 97.7. The number of alkyl halides is 3. The maximum Gasteiger partial charge on any atom is 0.113 e. The summed E-state index contributed by atoms with van der Waals surface area (Å²) in [5, 5.41) is 9.47. The summed E-state index contributed by atoms with van der Waals surface area (Å²) in [5.74, 6) is 2.94. The van der Waals surface area contributed by atoms with Crippen LogP contribution in [0.15, 0.2) is 0 Å². The summed E-state index contributed by atoms with van der Waals surface area (Å²) in [5.41, 5.74) is 3.64. The van der Waals surface area contributed by atoms with E-state index in [-0.39, 0.29) is 6.10 Å². The van der Waals surface area contributed by atoms with E-state index in [1.54, 1.807) is 6.92 Å². The highest BCUT2D eigenvalue weighted by molar-refractivity contribution is 4.85. The van der Waals surface area contributed by atoms with Crippen molar-refractivity contribution in [3.63, 3.8) is 0 Å². The maximum atomic E-state index is 13.5. The van der Waals surface area contributed by atoms with Crippen LogP contribution in [0, 0.1) is 71.9 Å². The molecule has 0 saturated carbocycles. The van der Waals surface area contributed by atoms with Crippen molar-refractivity contribution in [3.8, 4) is 0 Å². The first-order valence-electron chi connectivity index (χ1n) is 57.2. The van der Waals surface area contributed by atoms with E-state index in [2.05, 4.69) is 277 Å². The smallest absolute Gasteiger partial charge is 0.113 e. The van der Waals surface area contributed by atoms with E-state index in [1.807, 2.05) is 7.11 Å². The molecule has 15 heteroatoms. The van der Waals surface area contributed by atoms with Crippen molar-refractivity contribution >= 4 is 0 Å². The SMILES string of the molecule is CC(C)(C)CCN1CCC(C)(F)CC1.CC(C)(C)CCN1CCCC(F)C1.CC(C)(C)CCN1CCCC(O)C1.CC(C)(C)CCN1CCCCC(F)C1.CC(C)(C)CCN1CCCCCC1.CC(C)(C)CCN1CCCCCC1.CC1CCN(CCC(C)(C)C)CC1.CC1CCN(CCC(C)(C)C)CC1.CCC1CCN(CCC(C)(C)C)CC1.COC1CCCN(CCC(C)(C)C)C1. The Labute approximate surface area is 839 Å². The molecule has 10 fully saturated rings. The highest BCUT2D eigenvalue weighted by Gasteiger charge is 2.32. The lowest BCUT2D eigenvalue weighted by Gasteiger charge is -2.35. The molecule has 804 valence electrons. The third-order valence-corrected chi connectivity index (χ3v) is 29.5. The molecule has 134 heavy (non-hydrogen) atoms. The molecule has 0 radical (unpaired) electrons. The quantitative estimate of drug-likeness (QED) is 0.112. The molecule has 10 rings (SSSR count). The van der Waals surface area contributed by atoms with Gasteiger partial charge in [0.05, 0.1) is 12.2 Å².